The SMILES string of the molecule is COc1ccc(C2C=C(C(C)(C)C)C=C2NC(=O)Nc2ccc(-c3ccc(CN4CCOCC4)nc3)c3ccccc23)cn1. The van der Waals surface area contributed by atoms with E-state index in [2.05, 4.69) is 77.7 Å². The molecule has 4 aromatic rings. The molecule has 1 aliphatic heterocycles. The number of anilines is 1. The molecule has 6 rings (SSSR count). The molecular formula is C36H39N5O3. The number of nitrogens with one attached hydrogen (secondary N) is 2. The number of carbonyl (C=O) groups excluding carboxylic acids is 1. The van der Waals surface area contributed by atoms with Crippen molar-refractivity contribution in [1.82, 2.24) is 20.2 Å². The van der Waals surface area contributed by atoms with E-state index in [4.69, 9.17) is 14.5 Å². The van der Waals surface area contributed by atoms with Crippen molar-refractivity contribution < 1.29 is 14.3 Å². The van der Waals surface area contributed by atoms with Crippen LogP contribution in [0.15, 0.2) is 96.5 Å². The zero-order valence-electron chi connectivity index (χ0n) is 25.8. The second kappa shape index (κ2) is 12.6. The molecule has 1 aliphatic carbocycles. The van der Waals surface area contributed by atoms with E-state index in [0.717, 1.165) is 83.0 Å². The molecule has 2 aromatic carbocycles. The first-order valence-corrected chi connectivity index (χ1v) is 15.1. The zero-order chi connectivity index (χ0) is 30.7. The summed E-state index contributed by atoms with van der Waals surface area (Å²) in [6.45, 7) is 10.7. The van der Waals surface area contributed by atoms with Gasteiger partial charge in [-0.3, -0.25) is 9.88 Å². The van der Waals surface area contributed by atoms with Crippen LogP contribution in [0.1, 0.15) is 37.9 Å². The summed E-state index contributed by atoms with van der Waals surface area (Å²) in [6.07, 6.45) is 8.02. The van der Waals surface area contributed by atoms with Crippen LogP contribution in [0.2, 0.25) is 0 Å². The van der Waals surface area contributed by atoms with Gasteiger partial charge in [-0.2, -0.15) is 0 Å². The lowest BCUT2D eigenvalue weighted by Crippen LogP contribution is -2.35. The maximum Gasteiger partial charge on any atom is 0.323 e. The van der Waals surface area contributed by atoms with E-state index in [1.807, 2.05) is 42.6 Å². The fourth-order valence-corrected chi connectivity index (χ4v) is 5.74. The summed E-state index contributed by atoms with van der Waals surface area (Å²) >= 11 is 0. The topological polar surface area (TPSA) is 88.6 Å². The Labute approximate surface area is 258 Å². The van der Waals surface area contributed by atoms with Crippen LogP contribution in [0.25, 0.3) is 21.9 Å². The predicted molar refractivity (Wildman–Crippen MR) is 175 cm³/mol. The van der Waals surface area contributed by atoms with Crippen molar-refractivity contribution in [3.05, 3.63) is 108 Å². The number of methoxy groups -OCH3 is 1. The van der Waals surface area contributed by atoms with Gasteiger partial charge in [-0.25, -0.2) is 9.78 Å². The summed E-state index contributed by atoms with van der Waals surface area (Å²) in [4.78, 5) is 25.0. The van der Waals surface area contributed by atoms with Gasteiger partial charge in [0.05, 0.1) is 31.7 Å². The number of rotatable bonds is 7. The van der Waals surface area contributed by atoms with Gasteiger partial charge in [-0.15, -0.1) is 0 Å². The van der Waals surface area contributed by atoms with Gasteiger partial charge in [-0.05, 0) is 45.7 Å². The Morgan fingerprint density at radius 3 is 2.43 bits per heavy atom. The highest BCUT2D eigenvalue weighted by molar-refractivity contribution is 6.07. The molecule has 2 aromatic heterocycles. The first-order valence-electron chi connectivity index (χ1n) is 15.1. The number of nitrogens with zero attached hydrogens (tertiary/aromatic N) is 3. The molecule has 44 heavy (non-hydrogen) atoms. The molecule has 0 bridgehead atoms. The Morgan fingerprint density at radius 2 is 1.75 bits per heavy atom. The van der Waals surface area contributed by atoms with Crippen molar-refractivity contribution in [3.8, 4) is 17.0 Å². The molecule has 8 nitrogen and oxygen atoms in total. The fraction of sp³-hybridized carbons (Fsp3) is 0.306. The average molecular weight is 590 g/mol. The predicted octanol–water partition coefficient (Wildman–Crippen LogP) is 6.91. The van der Waals surface area contributed by atoms with Crippen molar-refractivity contribution in [2.45, 2.75) is 33.2 Å². The van der Waals surface area contributed by atoms with E-state index in [9.17, 15) is 4.79 Å². The lowest BCUT2D eigenvalue weighted by molar-refractivity contribution is 0.0336. The van der Waals surface area contributed by atoms with Crippen LogP contribution in [-0.4, -0.2) is 54.3 Å². The van der Waals surface area contributed by atoms with Crippen LogP contribution < -0.4 is 15.4 Å². The number of amides is 2. The molecule has 2 amide bonds. The number of fused-ring (bicyclic) bond motifs is 1. The van der Waals surface area contributed by atoms with Crippen molar-refractivity contribution in [1.29, 1.82) is 0 Å². The van der Waals surface area contributed by atoms with E-state index in [-0.39, 0.29) is 17.4 Å². The summed E-state index contributed by atoms with van der Waals surface area (Å²) in [7, 11) is 1.60. The highest BCUT2D eigenvalue weighted by atomic mass is 16.5. The van der Waals surface area contributed by atoms with Crippen LogP contribution in [-0.2, 0) is 11.3 Å². The Kier molecular flexibility index (Phi) is 8.46. The first-order chi connectivity index (χ1) is 21.3. The largest absolute Gasteiger partial charge is 0.481 e. The van der Waals surface area contributed by atoms with Gasteiger partial charge in [0.25, 0.3) is 0 Å². The third kappa shape index (κ3) is 6.51. The number of benzene rings is 2. The number of pyridine rings is 2. The van der Waals surface area contributed by atoms with Gasteiger partial charge in [0, 0.05) is 60.7 Å². The van der Waals surface area contributed by atoms with E-state index in [1.54, 1.807) is 13.3 Å². The Hall–Kier alpha value is -4.53. The van der Waals surface area contributed by atoms with E-state index < -0.39 is 0 Å². The molecule has 1 fully saturated rings. The minimum absolute atomic E-state index is 0.0698. The van der Waals surface area contributed by atoms with Crippen LogP contribution in [0, 0.1) is 5.41 Å². The number of carbonyl (C=O) groups is 1. The number of allylic oxidation sites excluding steroid dienone is 3. The summed E-state index contributed by atoms with van der Waals surface area (Å²) in [6, 6.07) is 19.9. The van der Waals surface area contributed by atoms with Gasteiger partial charge >= 0.3 is 6.03 Å². The molecule has 8 heteroatoms. The highest BCUT2D eigenvalue weighted by Gasteiger charge is 2.28. The molecule has 2 aliphatic rings. The summed E-state index contributed by atoms with van der Waals surface area (Å²) in [5.41, 5.74) is 6.78. The third-order valence-corrected chi connectivity index (χ3v) is 8.24. The smallest absolute Gasteiger partial charge is 0.323 e. The van der Waals surface area contributed by atoms with Crippen LogP contribution in [0.3, 0.4) is 0 Å². The number of aromatic nitrogens is 2. The normalized spacial score (nSPS) is 17.2. The Balaban J connectivity index is 1.21. The van der Waals surface area contributed by atoms with Crippen molar-refractivity contribution in [3.63, 3.8) is 0 Å². The Morgan fingerprint density at radius 1 is 0.955 bits per heavy atom. The minimum Gasteiger partial charge on any atom is -0.481 e. The van der Waals surface area contributed by atoms with E-state index in [1.165, 1.54) is 0 Å². The van der Waals surface area contributed by atoms with Gasteiger partial charge in [0.15, 0.2) is 0 Å². The van der Waals surface area contributed by atoms with E-state index >= 15 is 0 Å². The molecule has 226 valence electrons. The number of ether oxygens (including phenoxy) is 2. The maximum atomic E-state index is 13.5. The molecule has 0 saturated carbocycles. The van der Waals surface area contributed by atoms with Crippen LogP contribution >= 0.6 is 0 Å². The van der Waals surface area contributed by atoms with Crippen LogP contribution in [0.4, 0.5) is 10.5 Å². The molecule has 0 radical (unpaired) electrons. The van der Waals surface area contributed by atoms with Gasteiger partial charge in [0.2, 0.25) is 5.88 Å². The minimum atomic E-state index is -0.293. The van der Waals surface area contributed by atoms with Crippen molar-refractivity contribution >= 4 is 22.5 Å². The van der Waals surface area contributed by atoms with Crippen molar-refractivity contribution in [2.75, 3.05) is 38.7 Å². The molecule has 2 N–H and O–H groups in total. The molecule has 3 heterocycles. The molecule has 1 saturated heterocycles. The maximum absolute atomic E-state index is 13.5. The summed E-state index contributed by atoms with van der Waals surface area (Å²) in [5, 5.41) is 8.25. The second-order valence-electron chi connectivity index (χ2n) is 12.3. The highest BCUT2D eigenvalue weighted by Crippen LogP contribution is 2.39. The molecule has 1 atom stereocenters. The second-order valence-corrected chi connectivity index (χ2v) is 12.3. The standard InChI is InChI=1S/C36H39N5O3/c1-36(2,3)26-19-31(25-10-14-34(43-4)38-22-25)33(20-26)40-35(42)39-32-13-12-28(29-7-5-6-8-30(29)32)24-9-11-27(37-21-24)23-41-15-17-44-18-16-41/h5-14,19-22,31H,15-18,23H2,1-4H3,(H2,39,40,42). The number of hydrogen-bond donors (Lipinski definition) is 2. The first kappa shape index (κ1) is 29.5. The van der Waals surface area contributed by atoms with Gasteiger partial charge in [0.1, 0.15) is 0 Å². The average Bonchev–Trinajstić information content (AvgIpc) is 3.46. The monoisotopic (exact) mass is 589 g/mol. The molecule has 0 spiro atoms. The summed E-state index contributed by atoms with van der Waals surface area (Å²) < 4.78 is 10.7. The molecule has 1 unspecified atom stereocenters. The fourth-order valence-electron chi connectivity index (χ4n) is 5.74. The van der Waals surface area contributed by atoms with E-state index in [0.29, 0.717) is 5.88 Å². The third-order valence-electron chi connectivity index (χ3n) is 8.24. The Bertz CT molecular complexity index is 1700. The van der Waals surface area contributed by atoms with Gasteiger partial charge in [-0.1, -0.05) is 69.3 Å². The number of urea groups is 1. The lowest BCUT2D eigenvalue weighted by atomic mass is 9.87. The quantitative estimate of drug-likeness (QED) is 0.244. The number of morpholine rings is 1. The van der Waals surface area contributed by atoms with Gasteiger partial charge < -0.3 is 20.1 Å². The summed E-state index contributed by atoms with van der Waals surface area (Å²) in [5.74, 6) is 0.435. The van der Waals surface area contributed by atoms with Crippen LogP contribution in [0.5, 0.6) is 5.88 Å². The molecular weight excluding hydrogens is 550 g/mol. The number of hydrogen-bond acceptors (Lipinski definition) is 6. The lowest BCUT2D eigenvalue weighted by Gasteiger charge is -2.26. The van der Waals surface area contributed by atoms with Crippen molar-refractivity contribution in [2.24, 2.45) is 5.41 Å². The zero-order valence-corrected chi connectivity index (χ0v) is 25.8.